The van der Waals surface area contributed by atoms with E-state index in [2.05, 4.69) is 20.9 Å². The van der Waals surface area contributed by atoms with E-state index < -0.39 is 6.43 Å². The molecule has 1 aromatic heterocycles. The summed E-state index contributed by atoms with van der Waals surface area (Å²) in [5, 5.41) is 0. The molecule has 0 amide bonds. The summed E-state index contributed by atoms with van der Waals surface area (Å²) in [6.07, 6.45) is -0.943. The van der Waals surface area contributed by atoms with Crippen molar-refractivity contribution in [2.45, 2.75) is 13.3 Å². The molecule has 0 spiro atoms. The third-order valence-corrected chi connectivity index (χ3v) is 1.76. The molecule has 1 nitrogen and oxygen atoms in total. The van der Waals surface area contributed by atoms with E-state index in [9.17, 15) is 8.78 Å². The van der Waals surface area contributed by atoms with E-state index in [1.165, 1.54) is 12.3 Å². The molecule has 0 bridgehead atoms. The predicted molar refractivity (Wildman–Crippen MR) is 41.6 cm³/mol. The minimum Gasteiger partial charge on any atom is -0.260 e. The highest BCUT2D eigenvalue weighted by Gasteiger charge is 2.10. The number of aromatic nitrogens is 1. The molecule has 0 fully saturated rings. The van der Waals surface area contributed by atoms with Gasteiger partial charge in [-0.25, -0.2) is 8.78 Å². The topological polar surface area (TPSA) is 12.9 Å². The Morgan fingerprint density at radius 3 is 2.64 bits per heavy atom. The standard InChI is InChI=1S/C7H6BrF2N/c1-4-6(7(9)10)2-5(8)3-11-4/h2-3,7H,1H3. The van der Waals surface area contributed by atoms with Crippen LogP contribution in [-0.4, -0.2) is 4.98 Å². The molecule has 0 N–H and O–H groups in total. The maximum Gasteiger partial charge on any atom is 0.265 e. The van der Waals surface area contributed by atoms with Gasteiger partial charge in [0.15, 0.2) is 0 Å². The molecular weight excluding hydrogens is 216 g/mol. The van der Waals surface area contributed by atoms with Crippen molar-refractivity contribution in [2.75, 3.05) is 0 Å². The van der Waals surface area contributed by atoms with Crippen molar-refractivity contribution in [3.05, 3.63) is 28.0 Å². The maximum atomic E-state index is 12.1. The van der Waals surface area contributed by atoms with Gasteiger partial charge in [0.25, 0.3) is 6.43 Å². The van der Waals surface area contributed by atoms with Crippen LogP contribution in [0.3, 0.4) is 0 Å². The normalized spacial score (nSPS) is 10.6. The van der Waals surface area contributed by atoms with Crippen LogP contribution in [0.25, 0.3) is 0 Å². The Bertz CT molecular complexity index is 263. The first-order chi connectivity index (χ1) is 5.11. The van der Waals surface area contributed by atoms with Gasteiger partial charge in [-0.3, -0.25) is 4.98 Å². The number of hydrogen-bond acceptors (Lipinski definition) is 1. The predicted octanol–water partition coefficient (Wildman–Crippen LogP) is 3.09. The fraction of sp³-hybridized carbons (Fsp3) is 0.286. The largest absolute Gasteiger partial charge is 0.265 e. The first-order valence-corrected chi connectivity index (χ1v) is 3.80. The van der Waals surface area contributed by atoms with Gasteiger partial charge in [-0.1, -0.05) is 0 Å². The van der Waals surface area contributed by atoms with E-state index >= 15 is 0 Å². The molecule has 0 aromatic carbocycles. The van der Waals surface area contributed by atoms with Crippen LogP contribution >= 0.6 is 15.9 Å². The van der Waals surface area contributed by atoms with E-state index in [1.54, 1.807) is 6.92 Å². The molecule has 0 aliphatic rings. The Morgan fingerprint density at radius 1 is 1.55 bits per heavy atom. The summed E-state index contributed by atoms with van der Waals surface area (Å²) in [4.78, 5) is 3.77. The Morgan fingerprint density at radius 2 is 2.18 bits per heavy atom. The van der Waals surface area contributed by atoms with Crippen molar-refractivity contribution in [1.82, 2.24) is 4.98 Å². The summed E-state index contributed by atoms with van der Waals surface area (Å²) >= 11 is 3.07. The summed E-state index contributed by atoms with van der Waals surface area (Å²) in [5.41, 5.74) is 0.363. The van der Waals surface area contributed by atoms with Crippen LogP contribution < -0.4 is 0 Å². The molecule has 0 unspecified atom stereocenters. The minimum atomic E-state index is -2.44. The van der Waals surface area contributed by atoms with Crippen LogP contribution in [0.4, 0.5) is 8.78 Å². The van der Waals surface area contributed by atoms with Gasteiger partial charge in [-0.15, -0.1) is 0 Å². The molecule has 0 aliphatic heterocycles. The van der Waals surface area contributed by atoms with Crippen LogP contribution in [0.5, 0.6) is 0 Å². The van der Waals surface area contributed by atoms with Crippen molar-refractivity contribution in [2.24, 2.45) is 0 Å². The van der Waals surface area contributed by atoms with E-state index in [0.717, 1.165) is 0 Å². The van der Waals surface area contributed by atoms with Crippen LogP contribution in [0.15, 0.2) is 16.7 Å². The first-order valence-electron chi connectivity index (χ1n) is 3.01. The van der Waals surface area contributed by atoms with E-state index in [1.807, 2.05) is 0 Å². The van der Waals surface area contributed by atoms with Gasteiger partial charge in [0.05, 0.1) is 0 Å². The molecule has 0 atom stereocenters. The highest BCUT2D eigenvalue weighted by atomic mass is 79.9. The molecular formula is C7H6BrF2N. The van der Waals surface area contributed by atoms with Crippen molar-refractivity contribution in [3.8, 4) is 0 Å². The average molecular weight is 222 g/mol. The lowest BCUT2D eigenvalue weighted by Crippen LogP contribution is -1.92. The number of hydrogen-bond donors (Lipinski definition) is 0. The third kappa shape index (κ3) is 1.96. The Balaban J connectivity index is 3.13. The fourth-order valence-electron chi connectivity index (χ4n) is 0.744. The molecule has 0 radical (unpaired) electrons. The number of rotatable bonds is 1. The van der Waals surface area contributed by atoms with Gasteiger partial charge < -0.3 is 0 Å². The SMILES string of the molecule is Cc1ncc(Br)cc1C(F)F. The van der Waals surface area contributed by atoms with Gasteiger partial charge in [0.1, 0.15) is 0 Å². The van der Waals surface area contributed by atoms with Gasteiger partial charge in [0, 0.05) is 21.9 Å². The number of nitrogens with zero attached hydrogens (tertiary/aromatic N) is 1. The average Bonchev–Trinajstić information content (AvgIpc) is 1.94. The molecule has 11 heavy (non-hydrogen) atoms. The quantitative estimate of drug-likeness (QED) is 0.711. The molecule has 60 valence electrons. The van der Waals surface area contributed by atoms with Gasteiger partial charge in [-0.05, 0) is 28.9 Å². The monoisotopic (exact) mass is 221 g/mol. The third-order valence-electron chi connectivity index (χ3n) is 1.33. The summed E-state index contributed by atoms with van der Waals surface area (Å²) in [6.45, 7) is 1.56. The maximum absolute atomic E-state index is 12.1. The zero-order chi connectivity index (χ0) is 8.43. The number of alkyl halides is 2. The Labute approximate surface area is 71.6 Å². The summed E-state index contributed by atoms with van der Waals surface area (Å²) in [6, 6.07) is 1.38. The van der Waals surface area contributed by atoms with Crippen molar-refractivity contribution >= 4 is 15.9 Å². The van der Waals surface area contributed by atoms with Crippen molar-refractivity contribution in [1.29, 1.82) is 0 Å². The summed E-state index contributed by atoms with van der Waals surface area (Å²) < 4.78 is 24.9. The molecule has 0 saturated heterocycles. The highest BCUT2D eigenvalue weighted by Crippen LogP contribution is 2.23. The Hall–Kier alpha value is -0.510. The van der Waals surface area contributed by atoms with E-state index in [-0.39, 0.29) is 5.56 Å². The van der Waals surface area contributed by atoms with Crippen LogP contribution in [0.2, 0.25) is 0 Å². The second kappa shape index (κ2) is 3.26. The zero-order valence-electron chi connectivity index (χ0n) is 5.81. The summed E-state index contributed by atoms with van der Waals surface area (Å²) in [7, 11) is 0. The smallest absolute Gasteiger partial charge is 0.260 e. The highest BCUT2D eigenvalue weighted by molar-refractivity contribution is 9.10. The first kappa shape index (κ1) is 8.59. The number of halogens is 3. The second-order valence-electron chi connectivity index (χ2n) is 2.13. The van der Waals surface area contributed by atoms with E-state index in [4.69, 9.17) is 0 Å². The summed E-state index contributed by atoms with van der Waals surface area (Å²) in [5.74, 6) is 0. The molecule has 0 aliphatic carbocycles. The van der Waals surface area contributed by atoms with Gasteiger partial charge >= 0.3 is 0 Å². The minimum absolute atomic E-state index is 0.0145. The molecule has 1 heterocycles. The Kier molecular flexibility index (Phi) is 2.54. The lowest BCUT2D eigenvalue weighted by atomic mass is 10.2. The van der Waals surface area contributed by atoms with Crippen LogP contribution in [0.1, 0.15) is 17.7 Å². The number of pyridine rings is 1. The molecule has 4 heteroatoms. The van der Waals surface area contributed by atoms with Crippen LogP contribution in [0, 0.1) is 6.92 Å². The molecule has 1 aromatic rings. The van der Waals surface area contributed by atoms with Crippen LogP contribution in [-0.2, 0) is 0 Å². The van der Waals surface area contributed by atoms with Gasteiger partial charge in [0.2, 0.25) is 0 Å². The lowest BCUT2D eigenvalue weighted by molar-refractivity contribution is 0.150. The molecule has 0 saturated carbocycles. The number of aryl methyl sites for hydroxylation is 1. The second-order valence-corrected chi connectivity index (χ2v) is 3.04. The van der Waals surface area contributed by atoms with Gasteiger partial charge in [-0.2, -0.15) is 0 Å². The van der Waals surface area contributed by atoms with Crippen molar-refractivity contribution in [3.63, 3.8) is 0 Å². The van der Waals surface area contributed by atoms with Crippen molar-refractivity contribution < 1.29 is 8.78 Å². The van der Waals surface area contributed by atoms with E-state index in [0.29, 0.717) is 10.2 Å². The lowest BCUT2D eigenvalue weighted by Gasteiger charge is -2.02. The fourth-order valence-corrected chi connectivity index (χ4v) is 1.09. The molecule has 1 rings (SSSR count). The zero-order valence-corrected chi connectivity index (χ0v) is 7.40.